The van der Waals surface area contributed by atoms with E-state index in [2.05, 4.69) is 9.97 Å². The molecule has 0 aromatic carbocycles. The van der Waals surface area contributed by atoms with Crippen LogP contribution in [0.5, 0.6) is 0 Å². The Bertz CT molecular complexity index is 972. The monoisotopic (exact) mass is 376 g/mol. The number of carbonyl (C=O) groups is 2. The lowest BCUT2D eigenvalue weighted by molar-refractivity contribution is -0.132. The molecule has 0 N–H and O–H groups in total. The fourth-order valence-corrected chi connectivity index (χ4v) is 3.46. The Morgan fingerprint density at radius 1 is 1.14 bits per heavy atom. The summed E-state index contributed by atoms with van der Waals surface area (Å²) in [4.78, 5) is 38.0. The van der Waals surface area contributed by atoms with Crippen molar-refractivity contribution in [3.05, 3.63) is 83.8 Å². The smallest absolute Gasteiger partial charge is 0.289 e. The number of aromatic nitrogens is 2. The van der Waals surface area contributed by atoms with Crippen molar-refractivity contribution >= 4 is 11.8 Å². The third-order valence-electron chi connectivity index (χ3n) is 4.84. The maximum Gasteiger partial charge on any atom is 0.289 e. The average Bonchev–Trinajstić information content (AvgIpc) is 3.27. The number of likely N-dealkylation sites (N-methyl/N-ethyl adjacent to an activating group) is 1. The van der Waals surface area contributed by atoms with Crippen LogP contribution in [-0.2, 0) is 17.9 Å². The van der Waals surface area contributed by atoms with Gasteiger partial charge >= 0.3 is 0 Å². The Kier molecular flexibility index (Phi) is 4.89. The van der Waals surface area contributed by atoms with Crippen molar-refractivity contribution < 1.29 is 14.0 Å². The number of amides is 2. The maximum absolute atomic E-state index is 13.2. The van der Waals surface area contributed by atoms with E-state index in [4.69, 9.17) is 4.42 Å². The first-order valence-electron chi connectivity index (χ1n) is 9.05. The van der Waals surface area contributed by atoms with E-state index in [1.165, 1.54) is 6.26 Å². The van der Waals surface area contributed by atoms with Crippen LogP contribution in [0.3, 0.4) is 0 Å². The first-order chi connectivity index (χ1) is 13.6. The maximum atomic E-state index is 13.2. The van der Waals surface area contributed by atoms with Gasteiger partial charge in [-0.05, 0) is 35.9 Å². The number of nitrogens with zero attached hydrogens (tertiary/aromatic N) is 4. The molecule has 3 aromatic heterocycles. The van der Waals surface area contributed by atoms with Gasteiger partial charge in [0.2, 0.25) is 5.91 Å². The highest BCUT2D eigenvalue weighted by Gasteiger charge is 2.36. The zero-order valence-electron chi connectivity index (χ0n) is 15.5. The van der Waals surface area contributed by atoms with Crippen LogP contribution in [0, 0.1) is 0 Å². The first kappa shape index (κ1) is 17.9. The molecule has 7 nitrogen and oxygen atoms in total. The molecule has 0 fully saturated rings. The summed E-state index contributed by atoms with van der Waals surface area (Å²) < 4.78 is 5.25. The first-order valence-corrected chi connectivity index (χ1v) is 9.05. The van der Waals surface area contributed by atoms with E-state index in [9.17, 15) is 9.59 Å². The SMILES string of the molecule is CN(Cc1ccccn1)C(=O)C1CN(C(=O)c2ccco2)Cc2cccnc21. The molecule has 0 aliphatic carbocycles. The van der Waals surface area contributed by atoms with Crippen LogP contribution in [0.2, 0.25) is 0 Å². The Balaban J connectivity index is 1.59. The largest absolute Gasteiger partial charge is 0.459 e. The van der Waals surface area contributed by atoms with Gasteiger partial charge in [-0.1, -0.05) is 12.1 Å². The Morgan fingerprint density at radius 3 is 2.75 bits per heavy atom. The van der Waals surface area contributed by atoms with E-state index < -0.39 is 5.92 Å². The van der Waals surface area contributed by atoms with Crippen molar-refractivity contribution in [2.45, 2.75) is 19.0 Å². The van der Waals surface area contributed by atoms with Crippen molar-refractivity contribution in [2.75, 3.05) is 13.6 Å². The molecule has 0 saturated carbocycles. The van der Waals surface area contributed by atoms with E-state index in [0.29, 0.717) is 13.1 Å². The van der Waals surface area contributed by atoms with Gasteiger partial charge in [0.05, 0.1) is 30.1 Å². The molecule has 3 aromatic rings. The number of rotatable bonds is 4. The molecule has 0 bridgehead atoms. The summed E-state index contributed by atoms with van der Waals surface area (Å²) in [6, 6.07) is 12.6. The number of furan rings is 1. The molecule has 4 rings (SSSR count). The van der Waals surface area contributed by atoms with E-state index >= 15 is 0 Å². The number of pyridine rings is 2. The van der Waals surface area contributed by atoms with Gasteiger partial charge in [0.1, 0.15) is 0 Å². The quantitative estimate of drug-likeness (QED) is 0.699. The summed E-state index contributed by atoms with van der Waals surface area (Å²) in [7, 11) is 1.74. The van der Waals surface area contributed by atoms with Crippen LogP contribution < -0.4 is 0 Å². The fraction of sp³-hybridized carbons (Fsp3) is 0.238. The second kappa shape index (κ2) is 7.64. The highest BCUT2D eigenvalue weighted by molar-refractivity contribution is 5.93. The van der Waals surface area contributed by atoms with Gasteiger partial charge in [-0.2, -0.15) is 0 Å². The summed E-state index contributed by atoms with van der Waals surface area (Å²) in [6.45, 7) is 1.05. The third kappa shape index (κ3) is 3.51. The van der Waals surface area contributed by atoms with Crippen molar-refractivity contribution in [3.8, 4) is 0 Å². The average molecular weight is 376 g/mol. The van der Waals surface area contributed by atoms with E-state index in [1.807, 2.05) is 30.3 Å². The number of fused-ring (bicyclic) bond motifs is 1. The van der Waals surface area contributed by atoms with Gasteiger partial charge in [-0.25, -0.2) is 0 Å². The van der Waals surface area contributed by atoms with Crippen LogP contribution in [0.25, 0.3) is 0 Å². The predicted molar refractivity (Wildman–Crippen MR) is 101 cm³/mol. The summed E-state index contributed by atoms with van der Waals surface area (Å²) >= 11 is 0. The van der Waals surface area contributed by atoms with Gasteiger partial charge in [-0.3, -0.25) is 19.6 Å². The summed E-state index contributed by atoms with van der Waals surface area (Å²) in [5.41, 5.74) is 2.40. The number of hydrogen-bond donors (Lipinski definition) is 0. The normalized spacial score (nSPS) is 15.8. The Morgan fingerprint density at radius 2 is 2.00 bits per heavy atom. The minimum absolute atomic E-state index is 0.0949. The lowest BCUT2D eigenvalue weighted by Gasteiger charge is -2.34. The molecule has 1 aliphatic rings. The van der Waals surface area contributed by atoms with E-state index in [0.717, 1.165) is 17.0 Å². The van der Waals surface area contributed by atoms with Crippen molar-refractivity contribution in [1.82, 2.24) is 19.8 Å². The molecular formula is C21H20N4O3. The summed E-state index contributed by atoms with van der Waals surface area (Å²) in [5, 5.41) is 0. The van der Waals surface area contributed by atoms with Gasteiger partial charge in [0, 0.05) is 32.5 Å². The van der Waals surface area contributed by atoms with E-state index in [-0.39, 0.29) is 24.1 Å². The predicted octanol–water partition coefficient (Wildman–Crippen LogP) is 2.47. The van der Waals surface area contributed by atoms with Gasteiger partial charge < -0.3 is 14.2 Å². The Hall–Kier alpha value is -3.48. The van der Waals surface area contributed by atoms with Crippen LogP contribution in [-0.4, -0.2) is 45.2 Å². The van der Waals surface area contributed by atoms with Crippen LogP contribution in [0.4, 0.5) is 0 Å². The second-order valence-corrected chi connectivity index (χ2v) is 6.78. The highest BCUT2D eigenvalue weighted by Crippen LogP contribution is 2.29. The topological polar surface area (TPSA) is 79.5 Å². The summed E-state index contributed by atoms with van der Waals surface area (Å²) in [6.07, 6.45) is 4.85. The molecule has 1 unspecified atom stereocenters. The minimum Gasteiger partial charge on any atom is -0.459 e. The summed E-state index contributed by atoms with van der Waals surface area (Å²) in [5.74, 6) is -0.592. The third-order valence-corrected chi connectivity index (χ3v) is 4.84. The van der Waals surface area contributed by atoms with Crippen molar-refractivity contribution in [3.63, 3.8) is 0 Å². The van der Waals surface area contributed by atoms with E-state index in [1.54, 1.807) is 41.4 Å². The molecule has 0 saturated heterocycles. The molecule has 28 heavy (non-hydrogen) atoms. The lowest BCUT2D eigenvalue weighted by Crippen LogP contribution is -2.44. The molecule has 4 heterocycles. The molecule has 142 valence electrons. The molecule has 0 spiro atoms. The standard InChI is InChI=1S/C21H20N4O3/c1-24(13-16-7-2-3-9-22-16)20(26)17-14-25(21(27)18-8-5-11-28-18)12-15-6-4-10-23-19(15)17/h2-11,17H,12-14H2,1H3. The van der Waals surface area contributed by atoms with Crippen molar-refractivity contribution in [2.24, 2.45) is 0 Å². The zero-order chi connectivity index (χ0) is 19.5. The van der Waals surface area contributed by atoms with Crippen LogP contribution in [0.1, 0.15) is 33.4 Å². The fourth-order valence-electron chi connectivity index (χ4n) is 3.46. The number of hydrogen-bond acceptors (Lipinski definition) is 5. The molecule has 1 atom stereocenters. The zero-order valence-corrected chi connectivity index (χ0v) is 15.5. The Labute approximate surface area is 162 Å². The minimum atomic E-state index is -0.530. The lowest BCUT2D eigenvalue weighted by atomic mass is 9.93. The van der Waals surface area contributed by atoms with Gasteiger partial charge in [-0.15, -0.1) is 0 Å². The van der Waals surface area contributed by atoms with Gasteiger partial charge in [0.15, 0.2) is 5.76 Å². The van der Waals surface area contributed by atoms with Gasteiger partial charge in [0.25, 0.3) is 5.91 Å². The molecule has 0 radical (unpaired) electrons. The number of carbonyl (C=O) groups excluding carboxylic acids is 2. The molecule has 1 aliphatic heterocycles. The van der Waals surface area contributed by atoms with Crippen LogP contribution in [0.15, 0.2) is 65.5 Å². The second-order valence-electron chi connectivity index (χ2n) is 6.78. The molecule has 7 heteroatoms. The molecular weight excluding hydrogens is 356 g/mol. The van der Waals surface area contributed by atoms with Crippen molar-refractivity contribution in [1.29, 1.82) is 0 Å². The molecule has 2 amide bonds. The van der Waals surface area contributed by atoms with Crippen LogP contribution >= 0.6 is 0 Å². The highest BCUT2D eigenvalue weighted by atomic mass is 16.3.